The van der Waals surface area contributed by atoms with Crippen LogP contribution in [-0.4, -0.2) is 0 Å². The molecule has 0 saturated carbocycles. The van der Waals surface area contributed by atoms with Crippen LogP contribution < -0.4 is 0 Å². The van der Waals surface area contributed by atoms with E-state index in [9.17, 15) is 0 Å². The Morgan fingerprint density at radius 1 is 0.423 bits per heavy atom. The molecule has 0 aromatic heterocycles. The molecule has 0 aliphatic carbocycles. The van der Waals surface area contributed by atoms with Gasteiger partial charge in [-0.05, 0) is 98.9 Å². The van der Waals surface area contributed by atoms with E-state index < -0.39 is 0 Å². The Bertz CT molecular complexity index is 865. The van der Waals surface area contributed by atoms with Crippen LogP contribution in [0.1, 0.15) is 55.6 Å². The standard InChI is InChI=1S/C26H30/c1-17-7-9-19(3)23(11-17)15-25-13-22(6)26(14-21(25)5)16-24-12-18(2)8-10-20(24)4/h7-14H,15-16H2,1-6H3. The van der Waals surface area contributed by atoms with Crippen molar-refractivity contribution in [3.63, 3.8) is 0 Å². The fraction of sp³-hybridized carbons (Fsp3) is 0.308. The zero-order chi connectivity index (χ0) is 18.8. The van der Waals surface area contributed by atoms with Crippen molar-refractivity contribution in [1.29, 1.82) is 0 Å². The van der Waals surface area contributed by atoms with E-state index in [4.69, 9.17) is 0 Å². The maximum Gasteiger partial charge on any atom is -0.00203 e. The molecule has 0 heteroatoms. The zero-order valence-corrected chi connectivity index (χ0v) is 17.0. The predicted molar refractivity (Wildman–Crippen MR) is 113 cm³/mol. The van der Waals surface area contributed by atoms with E-state index in [0.717, 1.165) is 12.8 Å². The van der Waals surface area contributed by atoms with Crippen LogP contribution in [0.2, 0.25) is 0 Å². The minimum atomic E-state index is 1.02. The highest BCUT2D eigenvalue weighted by molar-refractivity contribution is 5.44. The second-order valence-electron chi connectivity index (χ2n) is 7.92. The average molecular weight is 343 g/mol. The van der Waals surface area contributed by atoms with Crippen LogP contribution in [0.4, 0.5) is 0 Å². The Kier molecular flexibility index (Phi) is 5.32. The zero-order valence-electron chi connectivity index (χ0n) is 17.0. The topological polar surface area (TPSA) is 0 Å². The minimum absolute atomic E-state index is 1.02. The molecule has 134 valence electrons. The number of aryl methyl sites for hydroxylation is 6. The van der Waals surface area contributed by atoms with Gasteiger partial charge in [0.1, 0.15) is 0 Å². The summed E-state index contributed by atoms with van der Waals surface area (Å²) in [6, 6.07) is 18.3. The number of hydrogen-bond acceptors (Lipinski definition) is 0. The first-order valence-electron chi connectivity index (χ1n) is 9.54. The molecule has 3 aromatic rings. The van der Waals surface area contributed by atoms with E-state index in [1.165, 1.54) is 55.6 Å². The van der Waals surface area contributed by atoms with E-state index in [-0.39, 0.29) is 0 Å². The molecule has 0 heterocycles. The maximum atomic E-state index is 2.40. The summed E-state index contributed by atoms with van der Waals surface area (Å²) in [5.74, 6) is 0. The van der Waals surface area contributed by atoms with Gasteiger partial charge in [-0.3, -0.25) is 0 Å². The van der Waals surface area contributed by atoms with Crippen molar-refractivity contribution < 1.29 is 0 Å². The Labute approximate surface area is 158 Å². The molecule has 0 unspecified atom stereocenters. The lowest BCUT2D eigenvalue weighted by molar-refractivity contribution is 1.07. The van der Waals surface area contributed by atoms with E-state index in [1.807, 2.05) is 0 Å². The fourth-order valence-electron chi connectivity index (χ4n) is 3.71. The molecular formula is C26H30. The second kappa shape index (κ2) is 7.50. The third-order valence-corrected chi connectivity index (χ3v) is 5.57. The smallest absolute Gasteiger partial charge is 0.00203 e. The lowest BCUT2D eigenvalue weighted by atomic mass is 9.90. The molecule has 0 bridgehead atoms. The first kappa shape index (κ1) is 18.5. The van der Waals surface area contributed by atoms with E-state index in [0.29, 0.717) is 0 Å². The van der Waals surface area contributed by atoms with Crippen molar-refractivity contribution in [2.45, 2.75) is 54.4 Å². The first-order valence-corrected chi connectivity index (χ1v) is 9.54. The van der Waals surface area contributed by atoms with Crippen molar-refractivity contribution in [2.24, 2.45) is 0 Å². The van der Waals surface area contributed by atoms with Gasteiger partial charge in [0.15, 0.2) is 0 Å². The molecule has 0 aliphatic rings. The van der Waals surface area contributed by atoms with Gasteiger partial charge in [0.05, 0.1) is 0 Å². The highest BCUT2D eigenvalue weighted by Crippen LogP contribution is 2.24. The summed E-state index contributed by atoms with van der Waals surface area (Å²) in [4.78, 5) is 0. The van der Waals surface area contributed by atoms with Crippen molar-refractivity contribution in [1.82, 2.24) is 0 Å². The highest BCUT2D eigenvalue weighted by atomic mass is 14.1. The Morgan fingerprint density at radius 3 is 1.15 bits per heavy atom. The summed E-state index contributed by atoms with van der Waals surface area (Å²) in [5.41, 5.74) is 14.0. The molecule has 0 spiro atoms. The lowest BCUT2D eigenvalue weighted by Crippen LogP contribution is -2.01. The van der Waals surface area contributed by atoms with Crippen LogP contribution in [0.3, 0.4) is 0 Å². The molecule has 0 nitrogen and oxygen atoms in total. The molecule has 0 atom stereocenters. The van der Waals surface area contributed by atoms with Crippen LogP contribution in [0.5, 0.6) is 0 Å². The third-order valence-electron chi connectivity index (χ3n) is 5.57. The lowest BCUT2D eigenvalue weighted by Gasteiger charge is -2.15. The van der Waals surface area contributed by atoms with Crippen LogP contribution in [0.15, 0.2) is 48.5 Å². The molecule has 3 rings (SSSR count). The van der Waals surface area contributed by atoms with Gasteiger partial charge in [-0.1, -0.05) is 59.7 Å². The molecular weight excluding hydrogens is 312 g/mol. The molecule has 0 aliphatic heterocycles. The predicted octanol–water partition coefficient (Wildman–Crippen LogP) is 6.72. The summed E-state index contributed by atoms with van der Waals surface area (Å²) in [6.07, 6.45) is 2.04. The van der Waals surface area contributed by atoms with Crippen LogP contribution >= 0.6 is 0 Å². The Balaban J connectivity index is 1.91. The highest BCUT2D eigenvalue weighted by Gasteiger charge is 2.09. The van der Waals surface area contributed by atoms with E-state index in [1.54, 1.807) is 0 Å². The van der Waals surface area contributed by atoms with E-state index >= 15 is 0 Å². The normalized spacial score (nSPS) is 11.0. The molecule has 26 heavy (non-hydrogen) atoms. The second-order valence-corrected chi connectivity index (χ2v) is 7.92. The first-order chi connectivity index (χ1) is 12.3. The Hall–Kier alpha value is -2.34. The van der Waals surface area contributed by atoms with Gasteiger partial charge in [-0.2, -0.15) is 0 Å². The monoisotopic (exact) mass is 342 g/mol. The van der Waals surface area contributed by atoms with E-state index in [2.05, 4.69) is 90.1 Å². The summed E-state index contributed by atoms with van der Waals surface area (Å²) in [7, 11) is 0. The SMILES string of the molecule is Cc1ccc(C)c(Cc2cc(C)c(Cc3cc(C)ccc3C)cc2C)c1. The van der Waals surface area contributed by atoms with Crippen molar-refractivity contribution >= 4 is 0 Å². The number of hydrogen-bond donors (Lipinski definition) is 0. The summed E-state index contributed by atoms with van der Waals surface area (Å²) in [6.45, 7) is 13.3. The van der Waals surface area contributed by atoms with Gasteiger partial charge in [-0.25, -0.2) is 0 Å². The van der Waals surface area contributed by atoms with Gasteiger partial charge >= 0.3 is 0 Å². The van der Waals surface area contributed by atoms with Gasteiger partial charge in [0.25, 0.3) is 0 Å². The molecule has 0 fully saturated rings. The maximum absolute atomic E-state index is 2.40. The van der Waals surface area contributed by atoms with Crippen LogP contribution in [0.25, 0.3) is 0 Å². The largest absolute Gasteiger partial charge is 0.0590 e. The average Bonchev–Trinajstić information content (AvgIpc) is 2.58. The number of benzene rings is 3. The molecule has 0 saturated heterocycles. The van der Waals surface area contributed by atoms with Crippen LogP contribution in [-0.2, 0) is 12.8 Å². The van der Waals surface area contributed by atoms with Gasteiger partial charge < -0.3 is 0 Å². The Morgan fingerprint density at radius 2 is 0.769 bits per heavy atom. The van der Waals surface area contributed by atoms with Gasteiger partial charge in [-0.15, -0.1) is 0 Å². The third kappa shape index (κ3) is 4.07. The van der Waals surface area contributed by atoms with Crippen molar-refractivity contribution in [3.8, 4) is 0 Å². The molecule has 3 aromatic carbocycles. The minimum Gasteiger partial charge on any atom is -0.0590 e. The summed E-state index contributed by atoms with van der Waals surface area (Å²) in [5, 5.41) is 0. The van der Waals surface area contributed by atoms with Crippen molar-refractivity contribution in [2.75, 3.05) is 0 Å². The summed E-state index contributed by atoms with van der Waals surface area (Å²) < 4.78 is 0. The fourth-order valence-corrected chi connectivity index (χ4v) is 3.71. The van der Waals surface area contributed by atoms with Crippen molar-refractivity contribution in [3.05, 3.63) is 104 Å². The molecule has 0 N–H and O–H groups in total. The molecule has 0 radical (unpaired) electrons. The van der Waals surface area contributed by atoms with Gasteiger partial charge in [0.2, 0.25) is 0 Å². The number of rotatable bonds is 4. The van der Waals surface area contributed by atoms with Gasteiger partial charge in [0, 0.05) is 0 Å². The quantitative estimate of drug-likeness (QED) is 0.494. The van der Waals surface area contributed by atoms with Crippen LogP contribution in [0, 0.1) is 41.5 Å². The molecule has 0 amide bonds. The summed E-state index contributed by atoms with van der Waals surface area (Å²) >= 11 is 0.